The van der Waals surface area contributed by atoms with Crippen molar-refractivity contribution in [2.45, 2.75) is 13.3 Å². The molecule has 0 saturated heterocycles. The minimum atomic E-state index is -0.270. The van der Waals surface area contributed by atoms with Crippen LogP contribution in [0.25, 0.3) is 11.1 Å². The van der Waals surface area contributed by atoms with Crippen LogP contribution in [0.4, 0.5) is 5.69 Å². The van der Waals surface area contributed by atoms with Crippen LogP contribution in [0.5, 0.6) is 0 Å². The van der Waals surface area contributed by atoms with Gasteiger partial charge in [-0.2, -0.15) is 0 Å². The van der Waals surface area contributed by atoms with Gasteiger partial charge < -0.3 is 10.6 Å². The second kappa shape index (κ2) is 8.81. The molecule has 0 aliphatic rings. The Hall–Kier alpha value is -3.40. The van der Waals surface area contributed by atoms with E-state index in [1.165, 1.54) is 0 Å². The van der Waals surface area contributed by atoms with Gasteiger partial charge in [-0.3, -0.25) is 9.59 Å². The smallest absolute Gasteiger partial charge is 0.251 e. The maximum atomic E-state index is 12.3. The number of benzene rings is 3. The molecular weight excluding hydrogens is 336 g/mol. The number of hydrogen-bond acceptors (Lipinski definition) is 2. The molecule has 0 spiro atoms. The fourth-order valence-corrected chi connectivity index (χ4v) is 2.85. The van der Waals surface area contributed by atoms with Crippen LogP contribution >= 0.6 is 0 Å². The average molecular weight is 358 g/mol. The Kier molecular flexibility index (Phi) is 6.00. The third-order valence-electron chi connectivity index (χ3n) is 4.34. The highest BCUT2D eigenvalue weighted by Gasteiger charge is 2.10. The molecule has 0 atom stereocenters. The summed E-state index contributed by atoms with van der Waals surface area (Å²) in [5.41, 5.74) is 4.51. The van der Waals surface area contributed by atoms with E-state index in [9.17, 15) is 9.59 Å². The largest absolute Gasteiger partial charge is 0.343 e. The first kappa shape index (κ1) is 18.4. The van der Waals surface area contributed by atoms with Crippen LogP contribution in [0, 0.1) is 0 Å². The Balaban J connectivity index is 1.56. The van der Waals surface area contributed by atoms with Crippen LogP contribution in [-0.4, -0.2) is 18.4 Å². The van der Waals surface area contributed by atoms with Crippen LogP contribution in [-0.2, 0) is 11.2 Å². The third-order valence-corrected chi connectivity index (χ3v) is 4.34. The van der Waals surface area contributed by atoms with Gasteiger partial charge in [-0.1, -0.05) is 67.6 Å². The number of carbonyl (C=O) groups is 2. The van der Waals surface area contributed by atoms with Crippen molar-refractivity contribution in [3.8, 4) is 11.1 Å². The van der Waals surface area contributed by atoms with Crippen molar-refractivity contribution >= 4 is 17.5 Å². The Morgan fingerprint density at radius 2 is 1.41 bits per heavy atom. The van der Waals surface area contributed by atoms with Gasteiger partial charge in [0.2, 0.25) is 5.91 Å². The molecular formula is C23H22N2O2. The van der Waals surface area contributed by atoms with Crippen molar-refractivity contribution in [1.29, 1.82) is 0 Å². The molecule has 0 aliphatic carbocycles. The number of hydrogen-bond donors (Lipinski definition) is 2. The number of carbonyl (C=O) groups excluding carboxylic acids is 2. The van der Waals surface area contributed by atoms with E-state index in [0.717, 1.165) is 28.8 Å². The van der Waals surface area contributed by atoms with Crippen molar-refractivity contribution in [3.63, 3.8) is 0 Å². The fourth-order valence-electron chi connectivity index (χ4n) is 2.85. The van der Waals surface area contributed by atoms with Crippen LogP contribution in [0.15, 0.2) is 78.9 Å². The third kappa shape index (κ3) is 4.82. The molecule has 27 heavy (non-hydrogen) atoms. The Morgan fingerprint density at radius 1 is 0.778 bits per heavy atom. The maximum absolute atomic E-state index is 12.3. The summed E-state index contributed by atoms with van der Waals surface area (Å²) in [6, 6.07) is 25.0. The Bertz CT molecular complexity index is 919. The normalized spacial score (nSPS) is 10.3. The summed E-state index contributed by atoms with van der Waals surface area (Å²) in [4.78, 5) is 24.4. The van der Waals surface area contributed by atoms with Gasteiger partial charge in [0.15, 0.2) is 0 Å². The molecule has 0 aliphatic heterocycles. The molecule has 0 radical (unpaired) electrons. The second-order valence-electron chi connectivity index (χ2n) is 6.18. The summed E-state index contributed by atoms with van der Waals surface area (Å²) in [5.74, 6) is -0.515. The molecule has 0 saturated carbocycles. The van der Waals surface area contributed by atoms with Crippen molar-refractivity contribution in [2.24, 2.45) is 0 Å². The lowest BCUT2D eigenvalue weighted by atomic mass is 10.0. The Morgan fingerprint density at radius 3 is 2.11 bits per heavy atom. The number of rotatable bonds is 6. The minimum Gasteiger partial charge on any atom is -0.343 e. The predicted octanol–water partition coefficient (Wildman–Crippen LogP) is 4.28. The topological polar surface area (TPSA) is 58.2 Å². The van der Waals surface area contributed by atoms with Crippen molar-refractivity contribution < 1.29 is 9.59 Å². The summed E-state index contributed by atoms with van der Waals surface area (Å²) >= 11 is 0. The molecule has 3 aromatic rings. The number of amides is 2. The highest BCUT2D eigenvalue weighted by atomic mass is 16.2. The Labute approximate surface area is 159 Å². The molecule has 4 nitrogen and oxygen atoms in total. The van der Waals surface area contributed by atoms with Gasteiger partial charge in [-0.05, 0) is 41.3 Å². The van der Waals surface area contributed by atoms with Crippen molar-refractivity contribution in [3.05, 3.63) is 90.0 Å². The van der Waals surface area contributed by atoms with E-state index in [-0.39, 0.29) is 18.4 Å². The minimum absolute atomic E-state index is 0.0721. The summed E-state index contributed by atoms with van der Waals surface area (Å²) in [6.07, 6.45) is 0.830. The molecule has 3 rings (SSSR count). The molecule has 2 amide bonds. The van der Waals surface area contributed by atoms with Gasteiger partial charge in [0, 0.05) is 11.3 Å². The lowest BCUT2D eigenvalue weighted by molar-refractivity contribution is -0.115. The molecule has 2 N–H and O–H groups in total. The molecule has 136 valence electrons. The van der Waals surface area contributed by atoms with Crippen LogP contribution < -0.4 is 10.6 Å². The van der Waals surface area contributed by atoms with Gasteiger partial charge in [-0.15, -0.1) is 0 Å². The standard InChI is InChI=1S/C23H22N2O2/c1-2-17-8-6-7-11-21(17)25-22(26)16-24-23(27)20-14-12-19(13-15-20)18-9-4-3-5-10-18/h3-15H,2,16H2,1H3,(H,24,27)(H,25,26). The van der Waals surface area contributed by atoms with E-state index in [2.05, 4.69) is 10.6 Å². The maximum Gasteiger partial charge on any atom is 0.251 e. The second-order valence-corrected chi connectivity index (χ2v) is 6.18. The first-order valence-electron chi connectivity index (χ1n) is 8.99. The number of aryl methyl sites for hydroxylation is 1. The molecule has 0 bridgehead atoms. The van der Waals surface area contributed by atoms with E-state index >= 15 is 0 Å². The molecule has 0 fully saturated rings. The average Bonchev–Trinajstić information content (AvgIpc) is 2.73. The summed E-state index contributed by atoms with van der Waals surface area (Å²) in [5, 5.41) is 5.51. The first-order valence-corrected chi connectivity index (χ1v) is 8.99. The van der Waals surface area contributed by atoms with Gasteiger partial charge in [0.1, 0.15) is 0 Å². The van der Waals surface area contributed by atoms with Crippen molar-refractivity contribution in [2.75, 3.05) is 11.9 Å². The van der Waals surface area contributed by atoms with Gasteiger partial charge >= 0.3 is 0 Å². The summed E-state index contributed by atoms with van der Waals surface area (Å²) in [7, 11) is 0. The SMILES string of the molecule is CCc1ccccc1NC(=O)CNC(=O)c1ccc(-c2ccccc2)cc1. The summed E-state index contributed by atoms with van der Waals surface area (Å²) < 4.78 is 0. The number of nitrogens with one attached hydrogen (secondary N) is 2. The van der Waals surface area contributed by atoms with Crippen LogP contribution in [0.3, 0.4) is 0 Å². The monoisotopic (exact) mass is 358 g/mol. The van der Waals surface area contributed by atoms with Gasteiger partial charge in [-0.25, -0.2) is 0 Å². The van der Waals surface area contributed by atoms with Gasteiger partial charge in [0.05, 0.1) is 6.54 Å². The quantitative estimate of drug-likeness (QED) is 0.691. The zero-order chi connectivity index (χ0) is 19.1. The lowest BCUT2D eigenvalue weighted by Gasteiger charge is -2.10. The van der Waals surface area contributed by atoms with E-state index in [0.29, 0.717) is 5.56 Å². The summed E-state index contributed by atoms with van der Waals surface area (Å²) in [6.45, 7) is 1.96. The zero-order valence-electron chi connectivity index (χ0n) is 15.2. The number of anilines is 1. The highest BCUT2D eigenvalue weighted by molar-refractivity contribution is 5.99. The van der Waals surface area contributed by atoms with Crippen molar-refractivity contribution in [1.82, 2.24) is 5.32 Å². The molecule has 0 aromatic heterocycles. The van der Waals surface area contributed by atoms with E-state index in [4.69, 9.17) is 0 Å². The fraction of sp³-hybridized carbons (Fsp3) is 0.130. The molecule has 0 heterocycles. The number of para-hydroxylation sites is 1. The predicted molar refractivity (Wildman–Crippen MR) is 109 cm³/mol. The van der Waals surface area contributed by atoms with E-state index in [1.807, 2.05) is 73.7 Å². The van der Waals surface area contributed by atoms with Crippen LogP contribution in [0.2, 0.25) is 0 Å². The highest BCUT2D eigenvalue weighted by Crippen LogP contribution is 2.19. The molecule has 3 aromatic carbocycles. The lowest BCUT2D eigenvalue weighted by Crippen LogP contribution is -2.33. The van der Waals surface area contributed by atoms with E-state index < -0.39 is 0 Å². The van der Waals surface area contributed by atoms with Crippen LogP contribution in [0.1, 0.15) is 22.8 Å². The van der Waals surface area contributed by atoms with Gasteiger partial charge in [0.25, 0.3) is 5.91 Å². The van der Waals surface area contributed by atoms with E-state index in [1.54, 1.807) is 12.1 Å². The zero-order valence-corrected chi connectivity index (χ0v) is 15.2. The molecule has 0 unspecified atom stereocenters. The molecule has 4 heteroatoms. The first-order chi connectivity index (χ1) is 13.2.